The van der Waals surface area contributed by atoms with Gasteiger partial charge in [0.25, 0.3) is 5.69 Å². The van der Waals surface area contributed by atoms with Gasteiger partial charge >= 0.3 is 5.97 Å². The van der Waals surface area contributed by atoms with Gasteiger partial charge in [-0.3, -0.25) is 10.1 Å². The van der Waals surface area contributed by atoms with Crippen molar-refractivity contribution in [2.45, 2.75) is 13.3 Å². The van der Waals surface area contributed by atoms with Crippen LogP contribution in [0.5, 0.6) is 5.75 Å². The molecule has 0 amide bonds. The predicted octanol–water partition coefficient (Wildman–Crippen LogP) is 2.47. The number of nitro benzene ring substituents is 1. The fourth-order valence-corrected chi connectivity index (χ4v) is 1.00. The van der Waals surface area contributed by atoms with Gasteiger partial charge in [-0.15, -0.1) is 0 Å². The lowest BCUT2D eigenvalue weighted by Crippen LogP contribution is -2.03. The number of rotatable bonds is 4. The molecule has 1 aromatic carbocycles. The molecule has 0 atom stereocenters. The Bertz CT molecular complexity index is 408. The largest absolute Gasteiger partial charge is 0.423 e. The molecule has 0 aliphatic rings. The SMILES string of the molecule is CCC=CC(=O)Oc1ccc([N+](=O)[O-])cc1. The van der Waals surface area contributed by atoms with Crippen molar-refractivity contribution < 1.29 is 14.5 Å². The Morgan fingerprint density at radius 3 is 2.56 bits per heavy atom. The van der Waals surface area contributed by atoms with Crippen LogP contribution in [0, 0.1) is 10.1 Å². The number of carbonyl (C=O) groups excluding carboxylic acids is 1. The summed E-state index contributed by atoms with van der Waals surface area (Å²) in [4.78, 5) is 21.0. The van der Waals surface area contributed by atoms with Gasteiger partial charge in [-0.25, -0.2) is 4.79 Å². The second-order valence-corrected chi connectivity index (χ2v) is 2.98. The van der Waals surface area contributed by atoms with Crippen molar-refractivity contribution >= 4 is 11.7 Å². The molecule has 0 bridgehead atoms. The zero-order chi connectivity index (χ0) is 12.0. The highest BCUT2D eigenvalue weighted by atomic mass is 16.6. The molecule has 5 nitrogen and oxygen atoms in total. The van der Waals surface area contributed by atoms with E-state index in [-0.39, 0.29) is 11.4 Å². The van der Waals surface area contributed by atoms with Gasteiger partial charge in [0.1, 0.15) is 5.75 Å². The monoisotopic (exact) mass is 221 g/mol. The number of ether oxygens (including phenoxy) is 1. The summed E-state index contributed by atoms with van der Waals surface area (Å²) < 4.78 is 4.90. The van der Waals surface area contributed by atoms with Gasteiger partial charge in [0.15, 0.2) is 0 Å². The zero-order valence-electron chi connectivity index (χ0n) is 8.75. The highest BCUT2D eigenvalue weighted by Gasteiger charge is 2.05. The van der Waals surface area contributed by atoms with Gasteiger partial charge in [0, 0.05) is 18.2 Å². The summed E-state index contributed by atoms with van der Waals surface area (Å²) in [7, 11) is 0. The normalized spacial score (nSPS) is 10.3. The molecule has 0 N–H and O–H groups in total. The summed E-state index contributed by atoms with van der Waals surface area (Å²) in [5.41, 5.74) is -0.0381. The first-order chi connectivity index (χ1) is 7.63. The highest BCUT2D eigenvalue weighted by Crippen LogP contribution is 2.17. The van der Waals surface area contributed by atoms with Crippen molar-refractivity contribution in [2.24, 2.45) is 0 Å². The smallest absolute Gasteiger partial charge is 0.335 e. The number of hydrogen-bond donors (Lipinski definition) is 0. The summed E-state index contributed by atoms with van der Waals surface area (Å²) in [6, 6.07) is 5.34. The van der Waals surface area contributed by atoms with Gasteiger partial charge in [-0.05, 0) is 18.6 Å². The number of nitro groups is 1. The molecule has 0 spiro atoms. The minimum Gasteiger partial charge on any atom is -0.423 e. The third-order valence-corrected chi connectivity index (χ3v) is 1.76. The van der Waals surface area contributed by atoms with Crippen molar-refractivity contribution in [1.82, 2.24) is 0 Å². The first-order valence-corrected chi connectivity index (χ1v) is 4.76. The third-order valence-electron chi connectivity index (χ3n) is 1.76. The maximum absolute atomic E-state index is 11.1. The van der Waals surface area contributed by atoms with E-state index in [9.17, 15) is 14.9 Å². The second kappa shape index (κ2) is 5.65. The van der Waals surface area contributed by atoms with Crippen molar-refractivity contribution in [3.05, 3.63) is 46.5 Å². The first-order valence-electron chi connectivity index (χ1n) is 4.76. The lowest BCUT2D eigenvalue weighted by atomic mass is 10.3. The molecule has 0 saturated heterocycles. The molecule has 0 aliphatic heterocycles. The minimum absolute atomic E-state index is 0.0381. The second-order valence-electron chi connectivity index (χ2n) is 2.98. The molecule has 0 unspecified atom stereocenters. The van der Waals surface area contributed by atoms with Crippen LogP contribution in [0.1, 0.15) is 13.3 Å². The molecule has 5 heteroatoms. The molecule has 84 valence electrons. The van der Waals surface area contributed by atoms with Crippen LogP contribution in [0.3, 0.4) is 0 Å². The van der Waals surface area contributed by atoms with Gasteiger partial charge in [-0.2, -0.15) is 0 Å². The molecule has 0 radical (unpaired) electrons. The van der Waals surface area contributed by atoms with Crippen LogP contribution in [-0.2, 0) is 4.79 Å². The van der Waals surface area contributed by atoms with Gasteiger partial charge in [0.05, 0.1) is 4.92 Å². The van der Waals surface area contributed by atoms with Crippen LogP contribution in [0.25, 0.3) is 0 Å². The molecule has 0 saturated carbocycles. The van der Waals surface area contributed by atoms with E-state index in [1.54, 1.807) is 6.08 Å². The number of allylic oxidation sites excluding steroid dienone is 1. The zero-order valence-corrected chi connectivity index (χ0v) is 8.75. The Labute approximate surface area is 92.5 Å². The number of nitrogens with zero attached hydrogens (tertiary/aromatic N) is 1. The van der Waals surface area contributed by atoms with Crippen LogP contribution < -0.4 is 4.74 Å². The molecule has 16 heavy (non-hydrogen) atoms. The lowest BCUT2D eigenvalue weighted by Gasteiger charge is -1.99. The van der Waals surface area contributed by atoms with Gasteiger partial charge < -0.3 is 4.74 Å². The maximum Gasteiger partial charge on any atom is 0.335 e. The number of benzene rings is 1. The van der Waals surface area contributed by atoms with Crippen LogP contribution >= 0.6 is 0 Å². The molecule has 0 aliphatic carbocycles. The van der Waals surface area contributed by atoms with Crippen LogP contribution in [0.2, 0.25) is 0 Å². The van der Waals surface area contributed by atoms with Gasteiger partial charge in [-0.1, -0.05) is 13.0 Å². The van der Waals surface area contributed by atoms with E-state index in [1.165, 1.54) is 30.3 Å². The van der Waals surface area contributed by atoms with Crippen molar-refractivity contribution in [1.29, 1.82) is 0 Å². The lowest BCUT2D eigenvalue weighted by molar-refractivity contribution is -0.384. The molecular weight excluding hydrogens is 210 g/mol. The van der Waals surface area contributed by atoms with Crippen molar-refractivity contribution in [3.63, 3.8) is 0 Å². The fourth-order valence-electron chi connectivity index (χ4n) is 1.00. The topological polar surface area (TPSA) is 69.4 Å². The van der Waals surface area contributed by atoms with Gasteiger partial charge in [0.2, 0.25) is 0 Å². The molecule has 1 aromatic rings. The van der Waals surface area contributed by atoms with E-state index < -0.39 is 10.9 Å². The maximum atomic E-state index is 11.1. The standard InChI is InChI=1S/C11H11NO4/c1-2-3-4-11(13)16-10-7-5-9(6-8-10)12(14)15/h3-8H,2H2,1H3. The summed E-state index contributed by atoms with van der Waals surface area (Å²) in [6.45, 7) is 1.90. The van der Waals surface area contributed by atoms with Crippen molar-refractivity contribution in [2.75, 3.05) is 0 Å². The molecular formula is C11H11NO4. The molecule has 1 rings (SSSR count). The van der Waals surface area contributed by atoms with Crippen LogP contribution in [-0.4, -0.2) is 10.9 Å². The van der Waals surface area contributed by atoms with Crippen LogP contribution in [0.15, 0.2) is 36.4 Å². The Hall–Kier alpha value is -2.17. The predicted molar refractivity (Wildman–Crippen MR) is 58.2 cm³/mol. The Kier molecular flexibility index (Phi) is 4.20. The highest BCUT2D eigenvalue weighted by molar-refractivity contribution is 5.83. The van der Waals surface area contributed by atoms with E-state index in [4.69, 9.17) is 4.74 Å². The van der Waals surface area contributed by atoms with E-state index in [0.717, 1.165) is 6.42 Å². The molecule has 0 fully saturated rings. The Morgan fingerprint density at radius 1 is 1.44 bits per heavy atom. The summed E-state index contributed by atoms with van der Waals surface area (Å²) >= 11 is 0. The number of carbonyl (C=O) groups is 1. The average Bonchev–Trinajstić information content (AvgIpc) is 2.27. The molecule has 0 aromatic heterocycles. The van der Waals surface area contributed by atoms with Crippen LogP contribution in [0.4, 0.5) is 5.69 Å². The summed E-state index contributed by atoms with van der Waals surface area (Å²) in [5, 5.41) is 10.4. The van der Waals surface area contributed by atoms with E-state index in [2.05, 4.69) is 0 Å². The number of esters is 1. The average molecular weight is 221 g/mol. The quantitative estimate of drug-likeness (QED) is 0.257. The first kappa shape index (κ1) is 11.9. The fraction of sp³-hybridized carbons (Fsp3) is 0.182. The van der Waals surface area contributed by atoms with E-state index in [1.807, 2.05) is 6.92 Å². The van der Waals surface area contributed by atoms with Crippen molar-refractivity contribution in [3.8, 4) is 5.75 Å². The molecule has 0 heterocycles. The van der Waals surface area contributed by atoms with E-state index >= 15 is 0 Å². The Morgan fingerprint density at radius 2 is 2.06 bits per heavy atom. The summed E-state index contributed by atoms with van der Waals surface area (Å²) in [5.74, 6) is -0.202. The minimum atomic E-state index is -0.511. The van der Waals surface area contributed by atoms with E-state index in [0.29, 0.717) is 0 Å². The Balaban J connectivity index is 2.65. The number of non-ortho nitro benzene ring substituents is 1. The summed E-state index contributed by atoms with van der Waals surface area (Å²) in [6.07, 6.45) is 3.74. The third kappa shape index (κ3) is 3.53. The number of hydrogen-bond acceptors (Lipinski definition) is 4.